The lowest BCUT2D eigenvalue weighted by Crippen LogP contribution is -2.45. The number of rotatable bonds is 4. The van der Waals surface area contributed by atoms with Gasteiger partial charge in [0.2, 0.25) is 5.56 Å². The third-order valence-electron chi connectivity index (χ3n) is 5.27. The molecule has 5 heteroatoms. The maximum absolute atomic E-state index is 11.5. The molecular formula is C21H22N2O3. The first-order chi connectivity index (χ1) is 12.5. The summed E-state index contributed by atoms with van der Waals surface area (Å²) in [5.41, 5.74) is 3.36. The smallest absolute Gasteiger partial charge is 0.248 e. The molecule has 1 unspecified atom stereocenters. The lowest BCUT2D eigenvalue weighted by atomic mass is 9.97. The number of aromatic hydroxyl groups is 1. The molecule has 0 radical (unpaired) electrons. The van der Waals surface area contributed by atoms with E-state index in [4.69, 9.17) is 0 Å². The molecule has 0 spiro atoms. The van der Waals surface area contributed by atoms with Gasteiger partial charge in [0.05, 0.1) is 11.6 Å². The molecule has 1 heterocycles. The quantitative estimate of drug-likeness (QED) is 0.582. The Bertz CT molecular complexity index is 1000. The van der Waals surface area contributed by atoms with Gasteiger partial charge in [-0.05, 0) is 48.6 Å². The van der Waals surface area contributed by atoms with Crippen molar-refractivity contribution in [1.29, 1.82) is 0 Å². The van der Waals surface area contributed by atoms with Crippen molar-refractivity contribution in [1.82, 2.24) is 10.3 Å². The van der Waals surface area contributed by atoms with E-state index in [0.717, 1.165) is 12.8 Å². The minimum atomic E-state index is -0.746. The number of phenolic OH excluding ortho intramolecular Hbond substituents is 1. The molecule has 0 bridgehead atoms. The number of phenols is 1. The molecule has 0 amide bonds. The summed E-state index contributed by atoms with van der Waals surface area (Å²) in [5.74, 6) is -0.000173. The maximum atomic E-state index is 11.5. The van der Waals surface area contributed by atoms with Crippen molar-refractivity contribution in [2.75, 3.05) is 6.54 Å². The molecule has 0 saturated carbocycles. The highest BCUT2D eigenvalue weighted by atomic mass is 16.3. The van der Waals surface area contributed by atoms with Gasteiger partial charge in [-0.2, -0.15) is 0 Å². The van der Waals surface area contributed by atoms with Crippen LogP contribution in [0.5, 0.6) is 5.75 Å². The fourth-order valence-electron chi connectivity index (χ4n) is 3.93. The minimum Gasteiger partial charge on any atom is -0.506 e. The van der Waals surface area contributed by atoms with Gasteiger partial charge in [-0.3, -0.25) is 4.79 Å². The molecule has 134 valence electrons. The standard InChI is InChI=1S/C21H22N2O3/c1-21(10-13-4-2-3-5-14(13)11-21)22-12-18(25)15-6-8-17(24)20-16(15)7-9-19(26)23-20/h2-9,18,22,24-25H,10-12H2,1H3,(H,23,26). The second kappa shape index (κ2) is 6.27. The average Bonchev–Trinajstić information content (AvgIpc) is 2.97. The molecule has 1 aromatic heterocycles. The van der Waals surface area contributed by atoms with Crippen molar-refractivity contribution in [3.63, 3.8) is 0 Å². The molecule has 1 aliphatic carbocycles. The number of aliphatic hydroxyl groups is 1. The number of H-pyrrole nitrogens is 1. The molecule has 0 fully saturated rings. The number of β-amino-alcohol motifs (C(OH)–C–C–N with tert-alkyl or cyclic N) is 1. The van der Waals surface area contributed by atoms with Crippen LogP contribution in [0.15, 0.2) is 53.3 Å². The lowest BCUT2D eigenvalue weighted by molar-refractivity contribution is 0.161. The average molecular weight is 350 g/mol. The summed E-state index contributed by atoms with van der Waals surface area (Å²) in [6.45, 7) is 2.57. The van der Waals surface area contributed by atoms with Crippen LogP contribution < -0.4 is 10.9 Å². The van der Waals surface area contributed by atoms with Gasteiger partial charge in [0.1, 0.15) is 5.75 Å². The first-order valence-corrected chi connectivity index (χ1v) is 8.80. The Morgan fingerprint density at radius 2 is 1.81 bits per heavy atom. The number of pyridine rings is 1. The van der Waals surface area contributed by atoms with Crippen LogP contribution >= 0.6 is 0 Å². The number of aliphatic hydroxyl groups excluding tert-OH is 1. The first-order valence-electron chi connectivity index (χ1n) is 8.80. The highest BCUT2D eigenvalue weighted by Gasteiger charge is 2.32. The molecule has 4 N–H and O–H groups in total. The van der Waals surface area contributed by atoms with E-state index in [0.29, 0.717) is 23.0 Å². The Balaban J connectivity index is 1.55. The summed E-state index contributed by atoms with van der Waals surface area (Å²) in [7, 11) is 0. The van der Waals surface area contributed by atoms with E-state index in [1.807, 2.05) is 0 Å². The van der Waals surface area contributed by atoms with E-state index < -0.39 is 6.10 Å². The fraction of sp³-hybridized carbons (Fsp3) is 0.286. The molecule has 0 saturated heterocycles. The van der Waals surface area contributed by atoms with Gasteiger partial charge in [0, 0.05) is 23.5 Å². The third-order valence-corrected chi connectivity index (χ3v) is 5.27. The van der Waals surface area contributed by atoms with Crippen LogP contribution in [0.25, 0.3) is 10.9 Å². The molecule has 2 aromatic carbocycles. The second-order valence-electron chi connectivity index (χ2n) is 7.36. The van der Waals surface area contributed by atoms with E-state index >= 15 is 0 Å². The van der Waals surface area contributed by atoms with E-state index in [9.17, 15) is 15.0 Å². The van der Waals surface area contributed by atoms with Crippen LogP contribution in [0, 0.1) is 0 Å². The Morgan fingerprint density at radius 1 is 1.12 bits per heavy atom. The Labute approximate surface area is 151 Å². The van der Waals surface area contributed by atoms with Crippen molar-refractivity contribution in [3.8, 4) is 5.75 Å². The Kier molecular flexibility index (Phi) is 4.05. The van der Waals surface area contributed by atoms with Gasteiger partial charge in [0.15, 0.2) is 0 Å². The number of aromatic amines is 1. The normalized spacial score (nSPS) is 16.5. The summed E-state index contributed by atoms with van der Waals surface area (Å²) >= 11 is 0. The highest BCUT2D eigenvalue weighted by Crippen LogP contribution is 2.31. The summed E-state index contributed by atoms with van der Waals surface area (Å²) in [4.78, 5) is 14.2. The zero-order chi connectivity index (χ0) is 18.3. The van der Waals surface area contributed by atoms with E-state index in [2.05, 4.69) is 41.5 Å². The van der Waals surface area contributed by atoms with Gasteiger partial charge in [-0.15, -0.1) is 0 Å². The van der Waals surface area contributed by atoms with Crippen molar-refractivity contribution in [3.05, 3.63) is 75.6 Å². The number of hydrogen-bond acceptors (Lipinski definition) is 4. The molecule has 1 atom stereocenters. The van der Waals surface area contributed by atoms with E-state index in [1.54, 1.807) is 12.1 Å². The molecule has 1 aliphatic rings. The monoisotopic (exact) mass is 350 g/mol. The largest absolute Gasteiger partial charge is 0.506 e. The van der Waals surface area contributed by atoms with Gasteiger partial charge in [-0.25, -0.2) is 0 Å². The molecule has 5 nitrogen and oxygen atoms in total. The van der Waals surface area contributed by atoms with Crippen molar-refractivity contribution in [2.45, 2.75) is 31.4 Å². The summed E-state index contributed by atoms with van der Waals surface area (Å²) in [5, 5.41) is 24.9. The highest BCUT2D eigenvalue weighted by molar-refractivity contribution is 5.87. The van der Waals surface area contributed by atoms with Gasteiger partial charge >= 0.3 is 0 Å². The zero-order valence-corrected chi connectivity index (χ0v) is 14.6. The lowest BCUT2D eigenvalue weighted by Gasteiger charge is -2.27. The topological polar surface area (TPSA) is 85.3 Å². The van der Waals surface area contributed by atoms with Crippen LogP contribution in [-0.2, 0) is 12.8 Å². The number of fused-ring (bicyclic) bond motifs is 2. The van der Waals surface area contributed by atoms with Gasteiger partial charge < -0.3 is 20.5 Å². The van der Waals surface area contributed by atoms with Crippen molar-refractivity contribution in [2.24, 2.45) is 0 Å². The molecular weight excluding hydrogens is 328 g/mol. The van der Waals surface area contributed by atoms with Crippen LogP contribution in [0.2, 0.25) is 0 Å². The maximum Gasteiger partial charge on any atom is 0.248 e. The number of nitrogens with one attached hydrogen (secondary N) is 2. The predicted octanol–water partition coefficient (Wildman–Crippen LogP) is 2.41. The van der Waals surface area contributed by atoms with Crippen LogP contribution in [0.4, 0.5) is 0 Å². The number of hydrogen-bond donors (Lipinski definition) is 4. The zero-order valence-electron chi connectivity index (χ0n) is 14.6. The SMILES string of the molecule is CC1(NCC(O)c2ccc(O)c3[nH]c(=O)ccc23)Cc2ccccc2C1. The van der Waals surface area contributed by atoms with Gasteiger partial charge in [-0.1, -0.05) is 30.3 Å². The first kappa shape index (κ1) is 16.8. The third kappa shape index (κ3) is 3.00. The molecule has 0 aliphatic heterocycles. The molecule has 3 aromatic rings. The van der Waals surface area contributed by atoms with E-state index in [1.165, 1.54) is 23.3 Å². The Hall–Kier alpha value is -2.63. The minimum absolute atomic E-state index is 0.000173. The fourth-order valence-corrected chi connectivity index (χ4v) is 3.93. The summed E-state index contributed by atoms with van der Waals surface area (Å²) in [6.07, 6.45) is 1.11. The van der Waals surface area contributed by atoms with Gasteiger partial charge in [0.25, 0.3) is 0 Å². The summed E-state index contributed by atoms with van der Waals surface area (Å²) in [6, 6.07) is 14.7. The van der Waals surface area contributed by atoms with E-state index in [-0.39, 0.29) is 16.8 Å². The predicted molar refractivity (Wildman–Crippen MR) is 101 cm³/mol. The Morgan fingerprint density at radius 3 is 2.50 bits per heavy atom. The van der Waals surface area contributed by atoms with Crippen molar-refractivity contribution >= 4 is 10.9 Å². The van der Waals surface area contributed by atoms with Crippen LogP contribution in [-0.4, -0.2) is 27.3 Å². The molecule has 4 rings (SSSR count). The summed E-state index contributed by atoms with van der Waals surface area (Å²) < 4.78 is 0. The second-order valence-corrected chi connectivity index (χ2v) is 7.36. The van der Waals surface area contributed by atoms with Crippen molar-refractivity contribution < 1.29 is 10.2 Å². The number of benzene rings is 2. The van der Waals surface area contributed by atoms with Crippen LogP contribution in [0.1, 0.15) is 29.7 Å². The molecule has 26 heavy (non-hydrogen) atoms. The van der Waals surface area contributed by atoms with Crippen LogP contribution in [0.3, 0.4) is 0 Å². The number of aromatic nitrogens is 1.